The van der Waals surface area contributed by atoms with Gasteiger partial charge in [-0.2, -0.15) is 0 Å². The molecule has 0 spiro atoms. The van der Waals surface area contributed by atoms with Gasteiger partial charge < -0.3 is 24.8 Å². The van der Waals surface area contributed by atoms with Gasteiger partial charge in [0.2, 0.25) is 0 Å². The molecule has 1 aliphatic rings. The third kappa shape index (κ3) is 7.55. The average molecular weight is 553 g/mol. The number of nitrogens with zero attached hydrogens (tertiary/aromatic N) is 1. The molecule has 2 N–H and O–H groups in total. The molecule has 32 heavy (non-hydrogen) atoms. The highest BCUT2D eigenvalue weighted by atomic mass is 127. The maximum atomic E-state index is 6.11. The molecule has 176 valence electrons. The molecule has 0 radical (unpaired) electrons. The van der Waals surface area contributed by atoms with Gasteiger partial charge in [-0.05, 0) is 43.0 Å². The van der Waals surface area contributed by atoms with Crippen molar-refractivity contribution in [2.75, 3.05) is 33.9 Å². The van der Waals surface area contributed by atoms with Crippen LogP contribution in [0, 0.1) is 6.92 Å². The minimum atomic E-state index is 0. The first-order valence-electron chi connectivity index (χ1n) is 11.0. The third-order valence-corrected chi connectivity index (χ3v) is 5.59. The molecule has 0 aliphatic carbocycles. The molecule has 0 amide bonds. The van der Waals surface area contributed by atoms with Crippen molar-refractivity contribution in [1.29, 1.82) is 0 Å². The number of aliphatic imine (C=N–C) groups is 1. The van der Waals surface area contributed by atoms with Crippen LogP contribution in [-0.4, -0.2) is 46.0 Å². The third-order valence-electron chi connectivity index (χ3n) is 5.59. The highest BCUT2D eigenvalue weighted by Gasteiger charge is 2.17. The van der Waals surface area contributed by atoms with Gasteiger partial charge in [0.1, 0.15) is 18.1 Å². The Morgan fingerprint density at radius 1 is 1.19 bits per heavy atom. The van der Waals surface area contributed by atoms with Gasteiger partial charge >= 0.3 is 0 Å². The monoisotopic (exact) mass is 553 g/mol. The maximum absolute atomic E-state index is 6.11. The zero-order valence-corrected chi connectivity index (χ0v) is 21.8. The molecule has 2 atom stereocenters. The molecule has 2 aromatic rings. The Labute approximate surface area is 209 Å². The van der Waals surface area contributed by atoms with Crippen LogP contribution >= 0.6 is 24.0 Å². The van der Waals surface area contributed by atoms with Crippen molar-refractivity contribution in [3.05, 3.63) is 59.2 Å². The number of nitrogens with one attached hydrogen (secondary N) is 2. The first-order chi connectivity index (χ1) is 15.1. The SMILES string of the molecule is CN=C(NCc1ccc(C)cc1OCC1CCCO1)NCC(C)c1ccccc1OC.I. The highest BCUT2D eigenvalue weighted by molar-refractivity contribution is 14.0. The summed E-state index contributed by atoms with van der Waals surface area (Å²) in [5.74, 6) is 2.85. The molecule has 2 aromatic carbocycles. The second-order valence-electron chi connectivity index (χ2n) is 8.01. The van der Waals surface area contributed by atoms with Crippen LogP contribution in [0.1, 0.15) is 42.4 Å². The molecule has 2 unspecified atom stereocenters. The van der Waals surface area contributed by atoms with E-state index < -0.39 is 0 Å². The summed E-state index contributed by atoms with van der Waals surface area (Å²) in [6.45, 7) is 7.07. The Morgan fingerprint density at radius 2 is 2.00 bits per heavy atom. The van der Waals surface area contributed by atoms with E-state index in [9.17, 15) is 0 Å². The lowest BCUT2D eigenvalue weighted by Gasteiger charge is -2.19. The molecular formula is C25H36IN3O3. The summed E-state index contributed by atoms with van der Waals surface area (Å²) < 4.78 is 17.3. The van der Waals surface area contributed by atoms with Gasteiger partial charge in [0.05, 0.1) is 13.2 Å². The average Bonchev–Trinajstić information content (AvgIpc) is 3.32. The topological polar surface area (TPSA) is 64.1 Å². The molecule has 3 rings (SSSR count). The van der Waals surface area contributed by atoms with Crippen LogP contribution in [0.15, 0.2) is 47.5 Å². The quantitative estimate of drug-likeness (QED) is 0.269. The van der Waals surface area contributed by atoms with Gasteiger partial charge in [0.15, 0.2) is 5.96 Å². The molecule has 1 saturated heterocycles. The zero-order chi connectivity index (χ0) is 22.1. The Bertz CT molecular complexity index is 869. The van der Waals surface area contributed by atoms with E-state index in [1.807, 2.05) is 18.2 Å². The summed E-state index contributed by atoms with van der Waals surface area (Å²) in [5.41, 5.74) is 3.46. The molecule has 0 aromatic heterocycles. The van der Waals surface area contributed by atoms with E-state index in [4.69, 9.17) is 14.2 Å². The lowest BCUT2D eigenvalue weighted by molar-refractivity contribution is 0.0676. The van der Waals surface area contributed by atoms with Crippen molar-refractivity contribution in [2.24, 2.45) is 4.99 Å². The minimum absolute atomic E-state index is 0. The van der Waals surface area contributed by atoms with Crippen molar-refractivity contribution < 1.29 is 14.2 Å². The number of ether oxygens (including phenoxy) is 3. The van der Waals surface area contributed by atoms with E-state index >= 15 is 0 Å². The van der Waals surface area contributed by atoms with Crippen molar-refractivity contribution in [2.45, 2.75) is 45.3 Å². The van der Waals surface area contributed by atoms with E-state index in [1.165, 1.54) is 11.1 Å². The lowest BCUT2D eigenvalue weighted by atomic mass is 10.0. The number of benzene rings is 2. The van der Waals surface area contributed by atoms with Crippen LogP contribution in [0.25, 0.3) is 0 Å². The van der Waals surface area contributed by atoms with Gasteiger partial charge in [-0.3, -0.25) is 4.99 Å². The molecule has 1 aliphatic heterocycles. The van der Waals surface area contributed by atoms with E-state index in [2.05, 4.69) is 53.7 Å². The summed E-state index contributed by atoms with van der Waals surface area (Å²) >= 11 is 0. The highest BCUT2D eigenvalue weighted by Crippen LogP contribution is 2.25. The fraction of sp³-hybridized carbons (Fsp3) is 0.480. The molecule has 0 bridgehead atoms. The van der Waals surface area contributed by atoms with Crippen molar-refractivity contribution in [1.82, 2.24) is 10.6 Å². The zero-order valence-electron chi connectivity index (χ0n) is 19.5. The van der Waals surface area contributed by atoms with Crippen LogP contribution in [-0.2, 0) is 11.3 Å². The van der Waals surface area contributed by atoms with E-state index in [-0.39, 0.29) is 36.0 Å². The van der Waals surface area contributed by atoms with Crippen LogP contribution in [0.4, 0.5) is 0 Å². The van der Waals surface area contributed by atoms with E-state index in [0.29, 0.717) is 13.2 Å². The van der Waals surface area contributed by atoms with Crippen molar-refractivity contribution in [3.8, 4) is 11.5 Å². The Morgan fingerprint density at radius 3 is 2.72 bits per heavy atom. The number of guanidine groups is 1. The summed E-state index contributed by atoms with van der Waals surface area (Å²) in [6.07, 6.45) is 2.39. The standard InChI is InChI=1S/C25H35N3O3.HI/c1-18-11-12-20(24(14-18)31-17-21-8-7-13-30-21)16-28-25(26-3)27-15-19(2)22-9-5-6-10-23(22)29-4;/h5-6,9-12,14,19,21H,7-8,13,15-17H2,1-4H3,(H2,26,27,28);1H. The largest absolute Gasteiger partial charge is 0.496 e. The van der Waals surface area contributed by atoms with Crippen molar-refractivity contribution >= 4 is 29.9 Å². The number of halogens is 1. The summed E-state index contributed by atoms with van der Waals surface area (Å²) in [6, 6.07) is 14.4. The van der Waals surface area contributed by atoms with Crippen molar-refractivity contribution in [3.63, 3.8) is 0 Å². The molecule has 1 heterocycles. The van der Waals surface area contributed by atoms with Crippen LogP contribution in [0.5, 0.6) is 11.5 Å². The second kappa shape index (κ2) is 13.5. The smallest absolute Gasteiger partial charge is 0.191 e. The number of aryl methyl sites for hydroxylation is 1. The van der Waals surface area contributed by atoms with Crippen LogP contribution < -0.4 is 20.1 Å². The van der Waals surface area contributed by atoms with Gasteiger partial charge in [-0.15, -0.1) is 24.0 Å². The first kappa shape index (κ1) is 26.3. The van der Waals surface area contributed by atoms with E-state index in [0.717, 1.165) is 49.0 Å². The molecule has 7 heteroatoms. The summed E-state index contributed by atoms with van der Waals surface area (Å²) in [4.78, 5) is 4.37. The van der Waals surface area contributed by atoms with Gasteiger partial charge in [-0.1, -0.05) is 37.3 Å². The number of para-hydroxylation sites is 1. The number of methoxy groups -OCH3 is 1. The molecule has 0 saturated carbocycles. The fourth-order valence-electron chi connectivity index (χ4n) is 3.73. The van der Waals surface area contributed by atoms with Gasteiger partial charge in [0, 0.05) is 38.2 Å². The number of hydrogen-bond donors (Lipinski definition) is 2. The molecule has 1 fully saturated rings. The predicted octanol–water partition coefficient (Wildman–Crippen LogP) is 4.65. The first-order valence-corrected chi connectivity index (χ1v) is 11.0. The second-order valence-corrected chi connectivity index (χ2v) is 8.01. The lowest BCUT2D eigenvalue weighted by Crippen LogP contribution is -2.38. The summed E-state index contributed by atoms with van der Waals surface area (Å²) in [5, 5.41) is 6.82. The van der Waals surface area contributed by atoms with Gasteiger partial charge in [0.25, 0.3) is 0 Å². The fourth-order valence-corrected chi connectivity index (χ4v) is 3.73. The maximum Gasteiger partial charge on any atom is 0.191 e. The predicted molar refractivity (Wildman–Crippen MR) is 141 cm³/mol. The Balaban J connectivity index is 0.00000363. The molecule has 6 nitrogen and oxygen atoms in total. The number of hydrogen-bond acceptors (Lipinski definition) is 4. The summed E-state index contributed by atoms with van der Waals surface area (Å²) in [7, 11) is 3.49. The Hall–Kier alpha value is -2.00. The normalized spacial score (nSPS) is 16.8. The Kier molecular flexibility index (Phi) is 11.1. The minimum Gasteiger partial charge on any atom is -0.496 e. The molecular weight excluding hydrogens is 517 g/mol. The van der Waals surface area contributed by atoms with Gasteiger partial charge in [-0.25, -0.2) is 0 Å². The van der Waals surface area contributed by atoms with Crippen LogP contribution in [0.2, 0.25) is 0 Å². The van der Waals surface area contributed by atoms with E-state index in [1.54, 1.807) is 14.2 Å². The van der Waals surface area contributed by atoms with Crippen LogP contribution in [0.3, 0.4) is 0 Å². The number of rotatable bonds is 9.